The summed E-state index contributed by atoms with van der Waals surface area (Å²) in [5, 5.41) is 0. The van der Waals surface area contributed by atoms with E-state index < -0.39 is 0 Å². The molecule has 0 heteroatoms. The van der Waals surface area contributed by atoms with Gasteiger partial charge in [0.2, 0.25) is 0 Å². The molecule has 148 valence electrons. The quantitative estimate of drug-likeness (QED) is 0.508. The van der Waals surface area contributed by atoms with E-state index in [2.05, 4.69) is 119 Å². The standard InChI is InChI=1S/C27H40/c1-24(2,3)19-12-14-20(15-13-19)27(10,11)21-16-17-22(25(4,5)6)23(18-21)26(7,8)9/h12-18H,1-11H3. The molecule has 2 aromatic rings. The van der Waals surface area contributed by atoms with Crippen molar-refractivity contribution in [3.05, 3.63) is 70.3 Å². The van der Waals surface area contributed by atoms with Gasteiger partial charge >= 0.3 is 0 Å². The second-order valence-electron chi connectivity index (χ2n) is 11.7. The van der Waals surface area contributed by atoms with Crippen molar-refractivity contribution in [2.45, 2.75) is 97.8 Å². The van der Waals surface area contributed by atoms with Crippen molar-refractivity contribution in [2.24, 2.45) is 0 Å². The largest absolute Gasteiger partial charge is 0.0582 e. The summed E-state index contributed by atoms with van der Waals surface area (Å²) >= 11 is 0. The van der Waals surface area contributed by atoms with Crippen LogP contribution >= 0.6 is 0 Å². The Morgan fingerprint density at radius 3 is 1.22 bits per heavy atom. The molecule has 2 aromatic carbocycles. The van der Waals surface area contributed by atoms with Crippen LogP contribution in [-0.2, 0) is 21.7 Å². The predicted molar refractivity (Wildman–Crippen MR) is 121 cm³/mol. The van der Waals surface area contributed by atoms with Crippen LogP contribution in [0, 0.1) is 0 Å². The number of benzene rings is 2. The van der Waals surface area contributed by atoms with Crippen LogP contribution < -0.4 is 0 Å². The molecule has 0 nitrogen and oxygen atoms in total. The summed E-state index contributed by atoms with van der Waals surface area (Å²) in [6, 6.07) is 16.4. The smallest absolute Gasteiger partial charge is 0.0146 e. The van der Waals surface area contributed by atoms with Crippen LogP contribution in [0.25, 0.3) is 0 Å². The lowest BCUT2D eigenvalue weighted by Gasteiger charge is -2.34. The van der Waals surface area contributed by atoms with Gasteiger partial charge in [0.1, 0.15) is 0 Å². The van der Waals surface area contributed by atoms with Crippen LogP contribution in [0.4, 0.5) is 0 Å². The van der Waals surface area contributed by atoms with Gasteiger partial charge in [-0.05, 0) is 44.1 Å². The van der Waals surface area contributed by atoms with E-state index in [9.17, 15) is 0 Å². The maximum absolute atomic E-state index is 2.46. The fourth-order valence-corrected chi connectivity index (χ4v) is 3.76. The Kier molecular flexibility index (Phi) is 5.47. The zero-order valence-electron chi connectivity index (χ0n) is 19.5. The Hall–Kier alpha value is -1.56. The summed E-state index contributed by atoms with van der Waals surface area (Å²) in [6.45, 7) is 25.4. The van der Waals surface area contributed by atoms with Crippen molar-refractivity contribution in [1.29, 1.82) is 0 Å². The number of hydrogen-bond acceptors (Lipinski definition) is 0. The molecule has 0 aromatic heterocycles. The highest BCUT2D eigenvalue weighted by atomic mass is 14.3. The minimum atomic E-state index is -0.0210. The van der Waals surface area contributed by atoms with E-state index in [-0.39, 0.29) is 21.7 Å². The van der Waals surface area contributed by atoms with E-state index >= 15 is 0 Å². The van der Waals surface area contributed by atoms with Gasteiger partial charge in [-0.3, -0.25) is 0 Å². The molecule has 0 saturated carbocycles. The Labute approximate surface area is 168 Å². The summed E-state index contributed by atoms with van der Waals surface area (Å²) in [5.74, 6) is 0. The van der Waals surface area contributed by atoms with Crippen LogP contribution in [0.15, 0.2) is 42.5 Å². The molecule has 0 heterocycles. The highest BCUT2D eigenvalue weighted by Crippen LogP contribution is 2.39. The maximum Gasteiger partial charge on any atom is 0.0146 e. The average Bonchev–Trinajstić information content (AvgIpc) is 2.52. The van der Waals surface area contributed by atoms with E-state index in [1.807, 2.05) is 0 Å². The molecule has 0 bridgehead atoms. The Morgan fingerprint density at radius 2 is 0.815 bits per heavy atom. The van der Waals surface area contributed by atoms with Crippen molar-refractivity contribution in [1.82, 2.24) is 0 Å². The average molecular weight is 365 g/mol. The molecule has 0 aliphatic heterocycles. The van der Waals surface area contributed by atoms with E-state index in [0.29, 0.717) is 0 Å². The van der Waals surface area contributed by atoms with Crippen LogP contribution in [0.5, 0.6) is 0 Å². The van der Waals surface area contributed by atoms with Gasteiger partial charge in [0.25, 0.3) is 0 Å². The number of hydrogen-bond donors (Lipinski definition) is 0. The summed E-state index contributed by atoms with van der Waals surface area (Å²) in [5.41, 5.74) is 7.53. The van der Waals surface area contributed by atoms with Crippen molar-refractivity contribution in [3.63, 3.8) is 0 Å². The topological polar surface area (TPSA) is 0 Å². The third kappa shape index (κ3) is 4.65. The van der Waals surface area contributed by atoms with E-state index in [1.54, 1.807) is 0 Å². The molecule has 0 fully saturated rings. The van der Waals surface area contributed by atoms with Crippen LogP contribution in [0.2, 0.25) is 0 Å². The Bertz CT molecular complexity index is 782. The van der Waals surface area contributed by atoms with Gasteiger partial charge in [0, 0.05) is 5.41 Å². The molecule has 0 amide bonds. The lowest BCUT2D eigenvalue weighted by molar-refractivity contribution is 0.526. The summed E-state index contributed by atoms with van der Waals surface area (Å²) in [6.07, 6.45) is 0. The minimum Gasteiger partial charge on any atom is -0.0582 e. The molecule has 0 spiro atoms. The van der Waals surface area contributed by atoms with Crippen LogP contribution in [-0.4, -0.2) is 0 Å². The first-order valence-electron chi connectivity index (χ1n) is 10.3. The number of rotatable bonds is 2. The van der Waals surface area contributed by atoms with Crippen molar-refractivity contribution >= 4 is 0 Å². The molecule has 0 aliphatic rings. The molecule has 0 unspecified atom stereocenters. The lowest BCUT2D eigenvalue weighted by atomic mass is 9.70. The maximum atomic E-state index is 2.46. The molecule has 0 radical (unpaired) electrons. The molecular formula is C27H40. The van der Waals surface area contributed by atoms with E-state index in [0.717, 1.165) is 0 Å². The Morgan fingerprint density at radius 1 is 0.407 bits per heavy atom. The van der Waals surface area contributed by atoms with Gasteiger partial charge in [-0.1, -0.05) is 119 Å². The summed E-state index contributed by atoms with van der Waals surface area (Å²) < 4.78 is 0. The molecule has 0 aliphatic carbocycles. The van der Waals surface area contributed by atoms with Gasteiger partial charge in [0.15, 0.2) is 0 Å². The zero-order chi connectivity index (χ0) is 20.8. The first kappa shape index (κ1) is 21.7. The van der Waals surface area contributed by atoms with Gasteiger partial charge in [-0.25, -0.2) is 0 Å². The molecular weight excluding hydrogens is 324 g/mol. The first-order chi connectivity index (χ1) is 12.0. The molecule has 27 heavy (non-hydrogen) atoms. The lowest BCUT2D eigenvalue weighted by Crippen LogP contribution is -2.25. The van der Waals surface area contributed by atoms with E-state index in [1.165, 1.54) is 27.8 Å². The minimum absolute atomic E-state index is 0.0210. The third-order valence-electron chi connectivity index (χ3n) is 5.83. The summed E-state index contributed by atoms with van der Waals surface area (Å²) in [7, 11) is 0. The third-order valence-corrected chi connectivity index (χ3v) is 5.83. The molecule has 0 atom stereocenters. The predicted octanol–water partition coefficient (Wildman–Crippen LogP) is 7.91. The second-order valence-corrected chi connectivity index (χ2v) is 11.7. The van der Waals surface area contributed by atoms with Crippen molar-refractivity contribution in [2.75, 3.05) is 0 Å². The second kappa shape index (κ2) is 6.80. The molecule has 0 N–H and O–H groups in total. The summed E-state index contributed by atoms with van der Waals surface area (Å²) in [4.78, 5) is 0. The van der Waals surface area contributed by atoms with Crippen molar-refractivity contribution < 1.29 is 0 Å². The van der Waals surface area contributed by atoms with Crippen LogP contribution in [0.1, 0.15) is 104 Å². The normalized spacial score (nSPS) is 13.7. The van der Waals surface area contributed by atoms with Gasteiger partial charge in [0.05, 0.1) is 0 Å². The fraction of sp³-hybridized carbons (Fsp3) is 0.556. The zero-order valence-corrected chi connectivity index (χ0v) is 19.5. The van der Waals surface area contributed by atoms with Gasteiger partial charge in [-0.15, -0.1) is 0 Å². The molecule has 0 saturated heterocycles. The van der Waals surface area contributed by atoms with Crippen LogP contribution in [0.3, 0.4) is 0 Å². The highest BCUT2D eigenvalue weighted by Gasteiger charge is 2.29. The SMILES string of the molecule is CC(C)(C)c1ccc(C(C)(C)c2ccc(C(C)(C)C)c(C(C)(C)C)c2)cc1. The monoisotopic (exact) mass is 364 g/mol. The fourth-order valence-electron chi connectivity index (χ4n) is 3.76. The highest BCUT2D eigenvalue weighted by molar-refractivity contribution is 5.46. The van der Waals surface area contributed by atoms with Gasteiger partial charge in [-0.2, -0.15) is 0 Å². The Balaban J connectivity index is 2.56. The first-order valence-corrected chi connectivity index (χ1v) is 10.3. The van der Waals surface area contributed by atoms with Crippen molar-refractivity contribution in [3.8, 4) is 0 Å². The molecule has 2 rings (SSSR count). The van der Waals surface area contributed by atoms with E-state index in [4.69, 9.17) is 0 Å². The van der Waals surface area contributed by atoms with Gasteiger partial charge < -0.3 is 0 Å².